The summed E-state index contributed by atoms with van der Waals surface area (Å²) in [4.78, 5) is 0. The van der Waals surface area contributed by atoms with Crippen LogP contribution in [-0.2, 0) is 6.18 Å². The maximum atomic E-state index is 12.3. The van der Waals surface area contributed by atoms with E-state index in [1.54, 1.807) is 0 Å². The Bertz CT molecular complexity index is 292. The van der Waals surface area contributed by atoms with E-state index in [2.05, 4.69) is 0 Å². The molecule has 0 aliphatic carbocycles. The summed E-state index contributed by atoms with van der Waals surface area (Å²) < 4.78 is 48.0. The number of hydrogen-bond acceptors (Lipinski definition) is 1. The number of rotatable bonds is 0. The van der Waals surface area contributed by atoms with Crippen molar-refractivity contribution in [2.24, 2.45) is 0 Å². The van der Waals surface area contributed by atoms with E-state index in [4.69, 9.17) is 5.11 Å². The monoisotopic (exact) mass is 179 g/mol. The van der Waals surface area contributed by atoms with Gasteiger partial charge in [-0.2, -0.15) is 13.2 Å². The molecule has 0 saturated heterocycles. The van der Waals surface area contributed by atoms with Gasteiger partial charge in [-0.05, 0) is 18.2 Å². The first-order valence-electron chi connectivity index (χ1n) is 2.88. The van der Waals surface area contributed by atoms with Gasteiger partial charge >= 0.3 is 6.18 Å². The van der Waals surface area contributed by atoms with E-state index >= 15 is 0 Å². The van der Waals surface area contributed by atoms with Gasteiger partial charge in [0.05, 0.1) is 0 Å². The summed E-state index contributed by atoms with van der Waals surface area (Å²) in [5.74, 6) is -2.72. The van der Waals surface area contributed by atoms with E-state index in [9.17, 15) is 17.6 Å². The highest BCUT2D eigenvalue weighted by Crippen LogP contribution is 2.36. The molecule has 0 saturated carbocycles. The van der Waals surface area contributed by atoms with Crippen molar-refractivity contribution in [1.29, 1.82) is 0 Å². The van der Waals surface area contributed by atoms with Gasteiger partial charge in [0.15, 0.2) is 11.6 Å². The fraction of sp³-hybridized carbons (Fsp3) is 0.143. The number of alkyl halides is 3. The molecule has 0 bridgehead atoms. The molecule has 0 spiro atoms. The zero-order valence-corrected chi connectivity index (χ0v) is 5.61. The average molecular weight is 179 g/mol. The summed E-state index contributed by atoms with van der Waals surface area (Å²) >= 11 is 0. The molecule has 0 aromatic heterocycles. The third-order valence-corrected chi connectivity index (χ3v) is 1.22. The lowest BCUT2D eigenvalue weighted by molar-refractivity contribution is -0.139. The lowest BCUT2D eigenvalue weighted by Crippen LogP contribution is -2.05. The third kappa shape index (κ3) is 1.49. The van der Waals surface area contributed by atoms with Crippen molar-refractivity contribution in [2.75, 3.05) is 0 Å². The van der Waals surface area contributed by atoms with Crippen LogP contribution >= 0.6 is 0 Å². The minimum atomic E-state index is -4.75. The minimum absolute atomic E-state index is 0.485. The maximum absolute atomic E-state index is 12.3. The Kier molecular flexibility index (Phi) is 1.95. The average Bonchev–Trinajstić information content (AvgIpc) is 1.92. The van der Waals surface area contributed by atoms with Crippen LogP contribution in [0.5, 0.6) is 5.75 Å². The molecule has 1 radical (unpaired) electrons. The summed E-state index contributed by atoms with van der Waals surface area (Å²) in [6.07, 6.45) is -4.75. The van der Waals surface area contributed by atoms with Crippen LogP contribution in [0.25, 0.3) is 0 Å². The molecular formula is C7H3F4O. The smallest absolute Gasteiger partial charge is 0.420 e. The van der Waals surface area contributed by atoms with Crippen LogP contribution in [0, 0.1) is 11.9 Å². The zero-order chi connectivity index (χ0) is 9.35. The van der Waals surface area contributed by atoms with Crippen LogP contribution in [0.1, 0.15) is 5.56 Å². The Morgan fingerprint density at radius 2 is 1.83 bits per heavy atom. The van der Waals surface area contributed by atoms with Crippen molar-refractivity contribution in [3.05, 3.63) is 29.6 Å². The first-order valence-corrected chi connectivity index (χ1v) is 2.88. The van der Waals surface area contributed by atoms with Crippen molar-refractivity contribution in [1.82, 2.24) is 0 Å². The van der Waals surface area contributed by atoms with E-state index in [-0.39, 0.29) is 0 Å². The molecule has 12 heavy (non-hydrogen) atoms. The summed E-state index contributed by atoms with van der Waals surface area (Å²) in [6, 6.07) is 3.04. The highest BCUT2D eigenvalue weighted by molar-refractivity contribution is 5.34. The Morgan fingerprint density at radius 1 is 1.25 bits per heavy atom. The molecule has 0 aliphatic heterocycles. The Labute approximate surface area is 65.3 Å². The molecule has 0 unspecified atom stereocenters. The van der Waals surface area contributed by atoms with Gasteiger partial charge in [-0.1, -0.05) is 0 Å². The molecule has 0 atom stereocenters. The van der Waals surface area contributed by atoms with Crippen LogP contribution in [0.2, 0.25) is 0 Å². The summed E-state index contributed by atoms with van der Waals surface area (Å²) in [7, 11) is 0. The van der Waals surface area contributed by atoms with Crippen molar-refractivity contribution in [2.45, 2.75) is 6.18 Å². The van der Waals surface area contributed by atoms with E-state index in [1.807, 2.05) is 6.07 Å². The number of phenolic OH excluding ortho intramolecular Hbond substituents is 1. The van der Waals surface area contributed by atoms with Gasteiger partial charge in [-0.25, -0.2) is 4.39 Å². The van der Waals surface area contributed by atoms with Crippen LogP contribution in [-0.4, -0.2) is 5.11 Å². The molecule has 1 N–H and O–H groups in total. The lowest BCUT2D eigenvalue weighted by atomic mass is 10.2. The number of hydrogen-bond donors (Lipinski definition) is 1. The maximum Gasteiger partial charge on any atom is 0.420 e. The highest BCUT2D eigenvalue weighted by atomic mass is 19.4. The second kappa shape index (κ2) is 2.66. The van der Waals surface area contributed by atoms with Crippen molar-refractivity contribution in [3.63, 3.8) is 0 Å². The standard InChI is InChI=1S/C7H3F4O/c8-5-3-1-2-4(6(5)12)7(9,10)11/h2-3,12H. The predicted octanol–water partition coefficient (Wildman–Crippen LogP) is 2.35. The molecule has 5 heteroatoms. The van der Waals surface area contributed by atoms with Crippen LogP contribution < -0.4 is 0 Å². The third-order valence-electron chi connectivity index (χ3n) is 1.22. The van der Waals surface area contributed by atoms with E-state index < -0.39 is 23.3 Å². The molecule has 1 rings (SSSR count). The quantitative estimate of drug-likeness (QED) is 0.606. The van der Waals surface area contributed by atoms with Crippen molar-refractivity contribution in [3.8, 4) is 5.75 Å². The normalized spacial score (nSPS) is 11.7. The predicted molar refractivity (Wildman–Crippen MR) is 31.9 cm³/mol. The Morgan fingerprint density at radius 3 is 2.25 bits per heavy atom. The van der Waals surface area contributed by atoms with E-state index in [0.717, 1.165) is 0 Å². The summed E-state index contributed by atoms with van der Waals surface area (Å²) in [5, 5.41) is 8.62. The van der Waals surface area contributed by atoms with Crippen molar-refractivity contribution < 1.29 is 22.7 Å². The number of aromatic hydroxyl groups is 1. The second-order valence-electron chi connectivity index (χ2n) is 2.06. The Balaban J connectivity index is 3.26. The first-order chi connectivity index (χ1) is 5.43. The molecule has 1 aromatic rings. The Hall–Kier alpha value is -1.26. The van der Waals surface area contributed by atoms with E-state index in [0.29, 0.717) is 12.1 Å². The first kappa shape index (κ1) is 8.83. The number of phenols is 1. The molecule has 0 amide bonds. The van der Waals surface area contributed by atoms with Gasteiger partial charge in [0.25, 0.3) is 0 Å². The molecular weight excluding hydrogens is 176 g/mol. The molecule has 1 aromatic carbocycles. The van der Waals surface area contributed by atoms with Crippen molar-refractivity contribution >= 4 is 0 Å². The van der Waals surface area contributed by atoms with E-state index in [1.165, 1.54) is 0 Å². The van der Waals surface area contributed by atoms with Gasteiger partial charge < -0.3 is 5.11 Å². The van der Waals surface area contributed by atoms with Gasteiger partial charge in [-0.3, -0.25) is 0 Å². The van der Waals surface area contributed by atoms with Gasteiger partial charge in [-0.15, -0.1) is 0 Å². The fourth-order valence-corrected chi connectivity index (χ4v) is 0.680. The van der Waals surface area contributed by atoms with Gasteiger partial charge in [0.2, 0.25) is 0 Å². The SMILES string of the molecule is Oc1c(F)c[c]cc1C(F)(F)F. The summed E-state index contributed by atoms with van der Waals surface area (Å²) in [5.41, 5.74) is -1.41. The molecule has 0 fully saturated rings. The second-order valence-corrected chi connectivity index (χ2v) is 2.06. The topological polar surface area (TPSA) is 20.2 Å². The number of halogens is 4. The lowest BCUT2D eigenvalue weighted by Gasteiger charge is -2.07. The number of benzene rings is 1. The van der Waals surface area contributed by atoms with Crippen LogP contribution in [0.4, 0.5) is 17.6 Å². The summed E-state index contributed by atoms with van der Waals surface area (Å²) in [6.45, 7) is 0. The largest absolute Gasteiger partial charge is 0.504 e. The molecule has 65 valence electrons. The molecule has 1 nitrogen and oxygen atoms in total. The van der Waals surface area contributed by atoms with Gasteiger partial charge in [0.1, 0.15) is 5.56 Å². The molecule has 0 aliphatic rings. The van der Waals surface area contributed by atoms with Crippen LogP contribution in [0.15, 0.2) is 12.1 Å². The van der Waals surface area contributed by atoms with Gasteiger partial charge in [0, 0.05) is 0 Å². The fourth-order valence-electron chi connectivity index (χ4n) is 0.680. The minimum Gasteiger partial charge on any atom is -0.504 e. The highest BCUT2D eigenvalue weighted by Gasteiger charge is 2.34. The zero-order valence-electron chi connectivity index (χ0n) is 5.61. The molecule has 0 heterocycles. The van der Waals surface area contributed by atoms with Crippen LogP contribution in [0.3, 0.4) is 0 Å².